The molecule has 376 valence electrons. The average molecular weight is 900 g/mol. The van der Waals surface area contributed by atoms with Crippen molar-refractivity contribution in [3.8, 4) is 0 Å². The van der Waals surface area contributed by atoms with E-state index in [1.807, 2.05) is 0 Å². The summed E-state index contributed by atoms with van der Waals surface area (Å²) < 4.78 is 17.5. The summed E-state index contributed by atoms with van der Waals surface area (Å²) in [6.07, 6.45) is 67.3. The highest BCUT2D eigenvalue weighted by Crippen LogP contribution is 2.17. The van der Waals surface area contributed by atoms with Gasteiger partial charge in [0, 0.05) is 19.4 Å². The van der Waals surface area contributed by atoms with Crippen LogP contribution in [0.2, 0.25) is 0 Å². The van der Waals surface area contributed by atoms with E-state index in [0.717, 1.165) is 64.2 Å². The van der Waals surface area contributed by atoms with Gasteiger partial charge in [-0.15, -0.1) is 0 Å². The van der Waals surface area contributed by atoms with Crippen molar-refractivity contribution < 1.29 is 23.8 Å². The quantitative estimate of drug-likeness (QED) is 0.0346. The van der Waals surface area contributed by atoms with Crippen LogP contribution in [0.1, 0.15) is 303 Å². The van der Waals surface area contributed by atoms with Crippen LogP contribution in [0, 0.1) is 0 Å². The summed E-state index contributed by atoms with van der Waals surface area (Å²) in [7, 11) is 0. The number of carbonyl (C=O) groups excluding carboxylic acids is 2. The molecular formula is C59H110O5. The third kappa shape index (κ3) is 52.7. The highest BCUT2D eigenvalue weighted by atomic mass is 16.6. The lowest BCUT2D eigenvalue weighted by molar-refractivity contribution is -0.163. The number of unbranched alkanes of at least 4 members (excludes halogenated alkanes) is 36. The Kier molecular flexibility index (Phi) is 53.8. The molecule has 0 aromatic heterocycles. The molecule has 0 radical (unpaired) electrons. The van der Waals surface area contributed by atoms with Crippen LogP contribution in [-0.4, -0.2) is 37.9 Å². The second-order valence-corrected chi connectivity index (χ2v) is 19.2. The van der Waals surface area contributed by atoms with Gasteiger partial charge in [-0.25, -0.2) is 0 Å². The Bertz CT molecular complexity index is 1020. The van der Waals surface area contributed by atoms with Crippen molar-refractivity contribution in [3.63, 3.8) is 0 Å². The van der Waals surface area contributed by atoms with E-state index in [9.17, 15) is 9.59 Å². The Morgan fingerprint density at radius 2 is 0.703 bits per heavy atom. The van der Waals surface area contributed by atoms with Crippen molar-refractivity contribution in [2.24, 2.45) is 0 Å². The standard InChI is InChI=1S/C59H110O5/c1-4-7-10-13-16-19-22-25-28-30-32-35-38-41-44-47-50-53-59(61)64-57(55-62-54-51-48-45-42-39-36-33-29-26-23-20-17-14-11-8-5-2)56-63-58(60)52-49-46-43-40-37-34-31-27-24-21-18-15-12-9-6-3/h9,12,18,21,27,31,57H,4-8,10-11,13-17,19-20,22-26,28-30,32-56H2,1-3H3/b12-9-,21-18-,31-27-/t57-/m1/s1. The van der Waals surface area contributed by atoms with Crippen LogP contribution in [0.3, 0.4) is 0 Å². The molecule has 0 saturated heterocycles. The summed E-state index contributed by atoms with van der Waals surface area (Å²) >= 11 is 0. The lowest BCUT2D eigenvalue weighted by Crippen LogP contribution is -2.30. The predicted octanol–water partition coefficient (Wildman–Crippen LogP) is 19.4. The summed E-state index contributed by atoms with van der Waals surface area (Å²) in [4.78, 5) is 25.5. The van der Waals surface area contributed by atoms with Crippen LogP contribution in [-0.2, 0) is 23.8 Å². The zero-order chi connectivity index (χ0) is 46.3. The van der Waals surface area contributed by atoms with Crippen molar-refractivity contribution in [2.75, 3.05) is 19.8 Å². The third-order valence-electron chi connectivity index (χ3n) is 12.7. The zero-order valence-corrected chi connectivity index (χ0v) is 43.3. The molecule has 64 heavy (non-hydrogen) atoms. The summed E-state index contributed by atoms with van der Waals surface area (Å²) in [5.41, 5.74) is 0. The summed E-state index contributed by atoms with van der Waals surface area (Å²) in [5, 5.41) is 0. The molecule has 0 bridgehead atoms. The first-order valence-corrected chi connectivity index (χ1v) is 28.5. The molecule has 0 amide bonds. The van der Waals surface area contributed by atoms with E-state index in [-0.39, 0.29) is 25.2 Å². The maximum absolute atomic E-state index is 12.9. The molecule has 0 aliphatic carbocycles. The fourth-order valence-corrected chi connectivity index (χ4v) is 8.47. The monoisotopic (exact) mass is 899 g/mol. The van der Waals surface area contributed by atoms with Crippen LogP contribution in [0.25, 0.3) is 0 Å². The van der Waals surface area contributed by atoms with E-state index in [4.69, 9.17) is 14.2 Å². The minimum atomic E-state index is -0.537. The predicted molar refractivity (Wildman–Crippen MR) is 279 cm³/mol. The van der Waals surface area contributed by atoms with Crippen LogP contribution in [0.4, 0.5) is 0 Å². The van der Waals surface area contributed by atoms with Gasteiger partial charge in [0.2, 0.25) is 0 Å². The van der Waals surface area contributed by atoms with Gasteiger partial charge in [0.05, 0.1) is 6.61 Å². The number of rotatable bonds is 53. The van der Waals surface area contributed by atoms with Crippen molar-refractivity contribution in [1.29, 1.82) is 0 Å². The van der Waals surface area contributed by atoms with Crippen LogP contribution < -0.4 is 0 Å². The van der Waals surface area contributed by atoms with Crippen LogP contribution >= 0.6 is 0 Å². The molecule has 0 spiro atoms. The normalized spacial score (nSPS) is 12.4. The van der Waals surface area contributed by atoms with Crippen molar-refractivity contribution in [3.05, 3.63) is 36.5 Å². The van der Waals surface area contributed by atoms with Gasteiger partial charge < -0.3 is 14.2 Å². The fraction of sp³-hybridized carbons (Fsp3) is 0.864. The molecule has 0 aromatic carbocycles. The van der Waals surface area contributed by atoms with Gasteiger partial charge in [-0.2, -0.15) is 0 Å². The lowest BCUT2D eigenvalue weighted by Gasteiger charge is -2.18. The van der Waals surface area contributed by atoms with E-state index >= 15 is 0 Å². The largest absolute Gasteiger partial charge is 0.462 e. The molecule has 1 atom stereocenters. The Morgan fingerprint density at radius 3 is 1.12 bits per heavy atom. The van der Waals surface area contributed by atoms with E-state index in [0.29, 0.717) is 19.4 Å². The van der Waals surface area contributed by atoms with E-state index < -0.39 is 6.10 Å². The molecule has 0 N–H and O–H groups in total. The maximum atomic E-state index is 12.9. The molecule has 5 nitrogen and oxygen atoms in total. The molecule has 0 rings (SSSR count). The first kappa shape index (κ1) is 62.1. The zero-order valence-electron chi connectivity index (χ0n) is 43.3. The molecule has 0 saturated carbocycles. The number of ether oxygens (including phenoxy) is 3. The van der Waals surface area contributed by atoms with Gasteiger partial charge in [-0.3, -0.25) is 9.59 Å². The molecule has 5 heteroatoms. The molecule has 0 unspecified atom stereocenters. The minimum Gasteiger partial charge on any atom is -0.462 e. The van der Waals surface area contributed by atoms with E-state index in [1.54, 1.807) is 0 Å². The van der Waals surface area contributed by atoms with Gasteiger partial charge in [0.25, 0.3) is 0 Å². The molecule has 0 aromatic rings. The first-order chi connectivity index (χ1) is 31.6. The van der Waals surface area contributed by atoms with Crippen LogP contribution in [0.5, 0.6) is 0 Å². The number of esters is 2. The number of hydrogen-bond donors (Lipinski definition) is 0. The van der Waals surface area contributed by atoms with Crippen molar-refractivity contribution in [1.82, 2.24) is 0 Å². The summed E-state index contributed by atoms with van der Waals surface area (Å²) in [6, 6.07) is 0. The highest BCUT2D eigenvalue weighted by Gasteiger charge is 2.17. The Hall–Kier alpha value is -1.88. The second-order valence-electron chi connectivity index (χ2n) is 19.2. The molecule has 0 aliphatic heterocycles. The molecular weight excluding hydrogens is 789 g/mol. The average Bonchev–Trinajstić information content (AvgIpc) is 3.30. The number of hydrogen-bond acceptors (Lipinski definition) is 5. The fourth-order valence-electron chi connectivity index (χ4n) is 8.47. The Morgan fingerprint density at radius 1 is 0.359 bits per heavy atom. The van der Waals surface area contributed by atoms with Gasteiger partial charge in [0.1, 0.15) is 6.61 Å². The summed E-state index contributed by atoms with van der Waals surface area (Å²) in [5.74, 6) is -0.396. The van der Waals surface area contributed by atoms with Crippen LogP contribution in [0.15, 0.2) is 36.5 Å². The van der Waals surface area contributed by atoms with Crippen molar-refractivity contribution in [2.45, 2.75) is 309 Å². The minimum absolute atomic E-state index is 0.0829. The van der Waals surface area contributed by atoms with E-state index in [1.165, 1.54) is 205 Å². The number of carbonyl (C=O) groups is 2. The van der Waals surface area contributed by atoms with Gasteiger partial charge in [-0.05, 0) is 51.4 Å². The third-order valence-corrected chi connectivity index (χ3v) is 12.7. The van der Waals surface area contributed by atoms with Gasteiger partial charge in [0.15, 0.2) is 6.10 Å². The second kappa shape index (κ2) is 55.4. The smallest absolute Gasteiger partial charge is 0.306 e. The lowest BCUT2D eigenvalue weighted by atomic mass is 10.0. The maximum Gasteiger partial charge on any atom is 0.306 e. The summed E-state index contributed by atoms with van der Waals surface area (Å²) in [6.45, 7) is 7.77. The first-order valence-electron chi connectivity index (χ1n) is 28.5. The van der Waals surface area contributed by atoms with Crippen molar-refractivity contribution >= 4 is 11.9 Å². The topological polar surface area (TPSA) is 61.8 Å². The Labute approximate surface area is 400 Å². The molecule has 0 heterocycles. The van der Waals surface area contributed by atoms with E-state index in [2.05, 4.69) is 57.2 Å². The Balaban J connectivity index is 4.24. The molecule has 0 fully saturated rings. The molecule has 0 aliphatic rings. The van der Waals surface area contributed by atoms with Gasteiger partial charge in [-0.1, -0.05) is 276 Å². The highest BCUT2D eigenvalue weighted by molar-refractivity contribution is 5.70. The number of allylic oxidation sites excluding steroid dienone is 6. The SMILES string of the molecule is CC/C=C\C/C=C\C/C=C\CCCCCCCC(=O)OC[C@@H](COCCCCCCCCCCCCCCCCCC)OC(=O)CCCCCCCCCCCCCCCCCCC. The van der Waals surface area contributed by atoms with Gasteiger partial charge >= 0.3 is 11.9 Å².